The first-order chi connectivity index (χ1) is 3.79. The minimum atomic E-state index is 0.492. The number of thioether (sulfide) groups is 1. The molecule has 0 bridgehead atoms. The van der Waals surface area contributed by atoms with Crippen LogP contribution in [-0.2, 0) is 0 Å². The zero-order valence-corrected chi connectivity index (χ0v) is 6.08. The molecule has 1 saturated heterocycles. The maximum absolute atomic E-state index is 5.71. The van der Waals surface area contributed by atoms with E-state index >= 15 is 0 Å². The van der Waals surface area contributed by atoms with Crippen molar-refractivity contribution in [2.24, 2.45) is 5.73 Å². The molecule has 1 nitrogen and oxygen atoms in total. The van der Waals surface area contributed by atoms with E-state index in [0.717, 1.165) is 5.25 Å². The maximum Gasteiger partial charge on any atom is 0.00571 e. The Morgan fingerprint density at radius 1 is 1.62 bits per heavy atom. The van der Waals surface area contributed by atoms with Gasteiger partial charge in [-0.05, 0) is 18.6 Å². The van der Waals surface area contributed by atoms with Gasteiger partial charge in [-0.3, -0.25) is 0 Å². The highest BCUT2D eigenvalue weighted by Crippen LogP contribution is 2.23. The van der Waals surface area contributed by atoms with Crippen LogP contribution in [0.5, 0.6) is 0 Å². The van der Waals surface area contributed by atoms with Crippen LogP contribution in [0.1, 0.15) is 19.8 Å². The molecule has 8 heavy (non-hydrogen) atoms. The Morgan fingerprint density at radius 2 is 2.38 bits per heavy atom. The molecule has 0 amide bonds. The third-order valence-electron chi connectivity index (χ3n) is 1.53. The van der Waals surface area contributed by atoms with Crippen LogP contribution in [0.15, 0.2) is 0 Å². The van der Waals surface area contributed by atoms with Crippen molar-refractivity contribution in [3.05, 3.63) is 0 Å². The SMILES string of the molecule is CC1CC(N)CCS1. The van der Waals surface area contributed by atoms with E-state index in [-0.39, 0.29) is 0 Å². The fourth-order valence-corrected chi connectivity index (χ4v) is 2.26. The first-order valence-corrected chi connectivity index (χ1v) is 4.21. The van der Waals surface area contributed by atoms with Gasteiger partial charge in [-0.1, -0.05) is 6.92 Å². The average Bonchev–Trinajstić information content (AvgIpc) is 1.64. The van der Waals surface area contributed by atoms with E-state index in [9.17, 15) is 0 Å². The van der Waals surface area contributed by atoms with Gasteiger partial charge in [-0.25, -0.2) is 0 Å². The summed E-state index contributed by atoms with van der Waals surface area (Å²) in [6, 6.07) is 0.492. The lowest BCUT2D eigenvalue weighted by molar-refractivity contribution is 0.581. The normalized spacial score (nSPS) is 39.8. The zero-order valence-electron chi connectivity index (χ0n) is 5.26. The molecule has 0 spiro atoms. The predicted molar refractivity (Wildman–Crippen MR) is 39.1 cm³/mol. The van der Waals surface area contributed by atoms with Crippen LogP contribution >= 0.6 is 11.8 Å². The van der Waals surface area contributed by atoms with Crippen LogP contribution in [0.2, 0.25) is 0 Å². The van der Waals surface area contributed by atoms with Gasteiger partial charge in [0.1, 0.15) is 0 Å². The Balaban J connectivity index is 2.23. The molecular formula is C6H13NS. The summed E-state index contributed by atoms with van der Waals surface area (Å²) in [4.78, 5) is 0. The summed E-state index contributed by atoms with van der Waals surface area (Å²) >= 11 is 2.04. The van der Waals surface area contributed by atoms with E-state index in [0.29, 0.717) is 6.04 Å². The first kappa shape index (κ1) is 6.43. The van der Waals surface area contributed by atoms with Crippen molar-refractivity contribution < 1.29 is 0 Å². The summed E-state index contributed by atoms with van der Waals surface area (Å²) in [7, 11) is 0. The lowest BCUT2D eigenvalue weighted by atomic mass is 10.1. The van der Waals surface area contributed by atoms with Crippen LogP contribution in [0, 0.1) is 0 Å². The van der Waals surface area contributed by atoms with Crippen molar-refractivity contribution in [3.8, 4) is 0 Å². The third-order valence-corrected chi connectivity index (χ3v) is 2.76. The lowest BCUT2D eigenvalue weighted by Crippen LogP contribution is -2.28. The van der Waals surface area contributed by atoms with Crippen molar-refractivity contribution in [1.29, 1.82) is 0 Å². The molecule has 0 aliphatic carbocycles. The molecular weight excluding hydrogens is 118 g/mol. The molecule has 0 aromatic carbocycles. The Labute approximate surface area is 55.0 Å². The zero-order chi connectivity index (χ0) is 5.98. The molecule has 2 heteroatoms. The number of hydrogen-bond acceptors (Lipinski definition) is 2. The Bertz CT molecular complexity index is 66.9. The van der Waals surface area contributed by atoms with Crippen molar-refractivity contribution >= 4 is 11.8 Å². The molecule has 0 aromatic heterocycles. The van der Waals surface area contributed by atoms with Gasteiger partial charge in [0.2, 0.25) is 0 Å². The molecule has 1 aliphatic heterocycles. The van der Waals surface area contributed by atoms with E-state index in [1.54, 1.807) is 0 Å². The molecule has 0 saturated carbocycles. The minimum Gasteiger partial charge on any atom is -0.328 e. The Morgan fingerprint density at radius 3 is 2.75 bits per heavy atom. The minimum absolute atomic E-state index is 0.492. The molecule has 1 heterocycles. The molecule has 1 rings (SSSR count). The highest BCUT2D eigenvalue weighted by Gasteiger charge is 2.14. The number of rotatable bonds is 0. The largest absolute Gasteiger partial charge is 0.328 e. The molecule has 0 aromatic rings. The summed E-state index contributed by atoms with van der Waals surface area (Å²) in [5.74, 6) is 1.27. The third kappa shape index (κ3) is 1.67. The van der Waals surface area contributed by atoms with Gasteiger partial charge in [0.05, 0.1) is 0 Å². The van der Waals surface area contributed by atoms with Gasteiger partial charge in [-0.2, -0.15) is 11.8 Å². The topological polar surface area (TPSA) is 26.0 Å². The van der Waals surface area contributed by atoms with Crippen LogP contribution in [-0.4, -0.2) is 17.0 Å². The summed E-state index contributed by atoms with van der Waals surface area (Å²) in [5.41, 5.74) is 5.71. The molecule has 0 radical (unpaired) electrons. The van der Waals surface area contributed by atoms with Gasteiger partial charge in [-0.15, -0.1) is 0 Å². The monoisotopic (exact) mass is 131 g/mol. The van der Waals surface area contributed by atoms with E-state index in [4.69, 9.17) is 5.73 Å². The van der Waals surface area contributed by atoms with Crippen LogP contribution in [0.25, 0.3) is 0 Å². The van der Waals surface area contributed by atoms with Crippen molar-refractivity contribution in [1.82, 2.24) is 0 Å². The van der Waals surface area contributed by atoms with Gasteiger partial charge in [0.25, 0.3) is 0 Å². The second-order valence-electron chi connectivity index (χ2n) is 2.47. The molecule has 2 N–H and O–H groups in total. The second-order valence-corrected chi connectivity index (χ2v) is 4.01. The van der Waals surface area contributed by atoms with Crippen molar-refractivity contribution in [2.45, 2.75) is 31.1 Å². The van der Waals surface area contributed by atoms with E-state index in [2.05, 4.69) is 6.92 Å². The van der Waals surface area contributed by atoms with E-state index < -0.39 is 0 Å². The van der Waals surface area contributed by atoms with Gasteiger partial charge >= 0.3 is 0 Å². The molecule has 2 atom stereocenters. The summed E-state index contributed by atoms with van der Waals surface area (Å²) in [5, 5.41) is 0.804. The molecule has 1 aliphatic rings. The predicted octanol–water partition coefficient (Wildman–Crippen LogP) is 1.23. The summed E-state index contributed by atoms with van der Waals surface area (Å²) in [6.45, 7) is 2.25. The smallest absolute Gasteiger partial charge is 0.00571 e. The number of nitrogens with two attached hydrogens (primary N) is 1. The maximum atomic E-state index is 5.71. The highest BCUT2D eigenvalue weighted by atomic mass is 32.2. The molecule has 2 unspecified atom stereocenters. The van der Waals surface area contributed by atoms with Crippen molar-refractivity contribution in [3.63, 3.8) is 0 Å². The van der Waals surface area contributed by atoms with Crippen LogP contribution in [0.3, 0.4) is 0 Å². The van der Waals surface area contributed by atoms with Crippen LogP contribution in [0.4, 0.5) is 0 Å². The fourth-order valence-electron chi connectivity index (χ4n) is 1.03. The standard InChI is InChI=1S/C6H13NS/c1-5-4-6(7)2-3-8-5/h5-6H,2-4,7H2,1H3. The van der Waals surface area contributed by atoms with E-state index in [1.165, 1.54) is 18.6 Å². The highest BCUT2D eigenvalue weighted by molar-refractivity contribution is 7.99. The number of hydrogen-bond donors (Lipinski definition) is 1. The second kappa shape index (κ2) is 2.74. The van der Waals surface area contributed by atoms with Crippen molar-refractivity contribution in [2.75, 3.05) is 5.75 Å². The average molecular weight is 131 g/mol. The molecule has 1 fully saturated rings. The Kier molecular flexibility index (Phi) is 2.20. The van der Waals surface area contributed by atoms with Gasteiger partial charge in [0, 0.05) is 11.3 Å². The quantitative estimate of drug-likeness (QED) is 0.535. The first-order valence-electron chi connectivity index (χ1n) is 3.16. The summed E-state index contributed by atoms with van der Waals surface area (Å²) < 4.78 is 0. The summed E-state index contributed by atoms with van der Waals surface area (Å²) in [6.07, 6.45) is 2.43. The van der Waals surface area contributed by atoms with Gasteiger partial charge in [0.15, 0.2) is 0 Å². The Hall–Kier alpha value is 0.310. The van der Waals surface area contributed by atoms with E-state index in [1.807, 2.05) is 11.8 Å². The molecule has 48 valence electrons. The fraction of sp³-hybridized carbons (Fsp3) is 1.00. The van der Waals surface area contributed by atoms with Crippen LogP contribution < -0.4 is 5.73 Å². The lowest BCUT2D eigenvalue weighted by Gasteiger charge is -2.22. The van der Waals surface area contributed by atoms with Gasteiger partial charge < -0.3 is 5.73 Å².